The molecule has 0 saturated heterocycles. The van der Waals surface area contributed by atoms with E-state index in [1.165, 1.54) is 81.7 Å². The summed E-state index contributed by atoms with van der Waals surface area (Å²) in [6.07, 6.45) is 0. The molecule has 0 aliphatic rings. The third kappa shape index (κ3) is 4.09. The zero-order chi connectivity index (χ0) is 33.5. The summed E-state index contributed by atoms with van der Waals surface area (Å²) in [5, 5.41) is 14.7. The summed E-state index contributed by atoms with van der Waals surface area (Å²) in [6, 6.07) is 66.2. The van der Waals surface area contributed by atoms with Crippen LogP contribution in [-0.2, 0) is 0 Å². The topological polar surface area (TPSA) is 13.1 Å². The summed E-state index contributed by atoms with van der Waals surface area (Å²) < 4.78 is 6.93. The number of benzene rings is 10. The molecular weight excluding hydrogens is 617 g/mol. The maximum absolute atomic E-state index is 6.93. The van der Waals surface area contributed by atoms with Crippen LogP contribution in [0.1, 0.15) is 0 Å². The lowest BCUT2D eigenvalue weighted by Gasteiger charge is -2.20. The smallest absolute Gasteiger partial charge is 0.143 e. The molecule has 0 saturated carbocycles. The summed E-state index contributed by atoms with van der Waals surface area (Å²) in [5.74, 6) is 0. The van der Waals surface area contributed by atoms with Crippen LogP contribution in [0.15, 0.2) is 186 Å². The zero-order valence-corrected chi connectivity index (χ0v) is 27.7. The van der Waals surface area contributed by atoms with Gasteiger partial charge in [0.25, 0.3) is 0 Å². The number of hydrogen-bond acceptors (Lipinski definition) is 1. The number of furan rings is 1. The van der Waals surface area contributed by atoms with Crippen molar-refractivity contribution in [1.29, 1.82) is 0 Å². The predicted molar refractivity (Wildman–Crippen MR) is 218 cm³/mol. The Morgan fingerprint density at radius 2 is 0.765 bits per heavy atom. The predicted octanol–water partition coefficient (Wildman–Crippen LogP) is 14.4. The summed E-state index contributed by atoms with van der Waals surface area (Å²) in [5.41, 5.74) is 9.04. The van der Waals surface area contributed by atoms with Crippen LogP contribution in [0.25, 0.3) is 109 Å². The van der Waals surface area contributed by atoms with Gasteiger partial charge >= 0.3 is 0 Å². The van der Waals surface area contributed by atoms with Crippen LogP contribution in [0, 0.1) is 0 Å². The van der Waals surface area contributed by atoms with E-state index >= 15 is 0 Å². The van der Waals surface area contributed by atoms with E-state index in [1.54, 1.807) is 0 Å². The van der Waals surface area contributed by atoms with Crippen LogP contribution >= 0.6 is 0 Å². The molecule has 0 atom stereocenters. The minimum absolute atomic E-state index is 0.896. The molecule has 236 valence electrons. The quantitative estimate of drug-likeness (QED) is 0.138. The summed E-state index contributed by atoms with van der Waals surface area (Å²) in [6.45, 7) is 0. The van der Waals surface area contributed by atoms with Gasteiger partial charge in [0.05, 0.1) is 0 Å². The van der Waals surface area contributed by atoms with Gasteiger partial charge in [0.1, 0.15) is 11.2 Å². The third-order valence-electron chi connectivity index (χ3n) is 10.8. The highest BCUT2D eigenvalue weighted by Gasteiger charge is 2.23. The Labute approximate surface area is 294 Å². The molecule has 1 aromatic heterocycles. The van der Waals surface area contributed by atoms with Crippen molar-refractivity contribution in [2.24, 2.45) is 0 Å². The molecule has 0 aliphatic heterocycles. The molecule has 0 N–H and O–H groups in total. The Hall–Kier alpha value is -6.70. The molecule has 0 radical (unpaired) electrons. The van der Waals surface area contributed by atoms with Crippen molar-refractivity contribution in [1.82, 2.24) is 0 Å². The van der Waals surface area contributed by atoms with Crippen molar-refractivity contribution < 1.29 is 4.42 Å². The lowest BCUT2D eigenvalue weighted by atomic mass is 9.83. The minimum Gasteiger partial charge on any atom is -0.455 e. The highest BCUT2D eigenvalue weighted by molar-refractivity contribution is 6.28. The molecule has 11 aromatic rings. The van der Waals surface area contributed by atoms with Crippen LogP contribution in [0.3, 0.4) is 0 Å². The van der Waals surface area contributed by atoms with Crippen molar-refractivity contribution in [3.8, 4) is 33.4 Å². The molecule has 1 heterocycles. The lowest BCUT2D eigenvalue weighted by Crippen LogP contribution is -1.92. The Morgan fingerprint density at radius 1 is 0.275 bits per heavy atom. The second kappa shape index (κ2) is 10.9. The first kappa shape index (κ1) is 28.2. The Bertz CT molecular complexity index is 3130. The molecule has 1 nitrogen and oxygen atoms in total. The average Bonchev–Trinajstić information content (AvgIpc) is 3.59. The fourth-order valence-corrected chi connectivity index (χ4v) is 8.68. The third-order valence-corrected chi connectivity index (χ3v) is 10.8. The molecule has 1 heteroatoms. The van der Waals surface area contributed by atoms with Crippen LogP contribution in [0.2, 0.25) is 0 Å². The molecule has 11 rings (SSSR count). The van der Waals surface area contributed by atoms with Gasteiger partial charge in [-0.15, -0.1) is 0 Å². The highest BCUT2D eigenvalue weighted by atomic mass is 16.3. The minimum atomic E-state index is 0.896. The lowest BCUT2D eigenvalue weighted by molar-refractivity contribution is 0.670. The monoisotopic (exact) mass is 646 g/mol. The Morgan fingerprint density at radius 3 is 1.47 bits per heavy atom. The first-order chi connectivity index (χ1) is 25.3. The fourth-order valence-electron chi connectivity index (χ4n) is 8.68. The average molecular weight is 647 g/mol. The molecule has 0 unspecified atom stereocenters. The van der Waals surface area contributed by atoms with Gasteiger partial charge in [-0.2, -0.15) is 0 Å². The van der Waals surface area contributed by atoms with E-state index < -0.39 is 0 Å². The van der Waals surface area contributed by atoms with Gasteiger partial charge in [0.2, 0.25) is 0 Å². The maximum Gasteiger partial charge on any atom is 0.143 e. The summed E-state index contributed by atoms with van der Waals surface area (Å²) >= 11 is 0. The SMILES string of the molecule is c1ccc2c(-c3c4ccccc4c(-c4ccc(-c5cc6ccccc6c6ccccc56)c5oc6ccccc6c45)c4ccccc34)cccc2c1. The largest absolute Gasteiger partial charge is 0.455 e. The molecule has 0 fully saturated rings. The Kier molecular flexibility index (Phi) is 6.02. The molecule has 0 spiro atoms. The maximum atomic E-state index is 6.93. The van der Waals surface area contributed by atoms with E-state index in [2.05, 4.69) is 182 Å². The molecular formula is C50H30O. The number of rotatable bonds is 3. The van der Waals surface area contributed by atoms with Gasteiger partial charge in [0, 0.05) is 16.3 Å². The zero-order valence-electron chi connectivity index (χ0n) is 27.7. The second-order valence-electron chi connectivity index (χ2n) is 13.5. The van der Waals surface area contributed by atoms with Crippen molar-refractivity contribution in [2.45, 2.75) is 0 Å². The van der Waals surface area contributed by atoms with Gasteiger partial charge in [-0.1, -0.05) is 164 Å². The van der Waals surface area contributed by atoms with Gasteiger partial charge in [-0.25, -0.2) is 0 Å². The summed E-state index contributed by atoms with van der Waals surface area (Å²) in [7, 11) is 0. The van der Waals surface area contributed by atoms with Gasteiger partial charge in [-0.3, -0.25) is 0 Å². The van der Waals surface area contributed by atoms with E-state index in [1.807, 2.05) is 0 Å². The van der Waals surface area contributed by atoms with Gasteiger partial charge in [0.15, 0.2) is 0 Å². The van der Waals surface area contributed by atoms with E-state index in [-0.39, 0.29) is 0 Å². The number of hydrogen-bond donors (Lipinski definition) is 0. The molecule has 10 aromatic carbocycles. The van der Waals surface area contributed by atoms with E-state index in [0.29, 0.717) is 0 Å². The number of para-hydroxylation sites is 1. The first-order valence-corrected chi connectivity index (χ1v) is 17.6. The molecule has 0 bridgehead atoms. The van der Waals surface area contributed by atoms with E-state index in [0.717, 1.165) is 27.5 Å². The van der Waals surface area contributed by atoms with Crippen LogP contribution < -0.4 is 0 Å². The second-order valence-corrected chi connectivity index (χ2v) is 13.5. The summed E-state index contributed by atoms with van der Waals surface area (Å²) in [4.78, 5) is 0. The van der Waals surface area contributed by atoms with Gasteiger partial charge in [-0.05, 0) is 99.9 Å². The van der Waals surface area contributed by atoms with E-state index in [9.17, 15) is 0 Å². The molecule has 51 heavy (non-hydrogen) atoms. The van der Waals surface area contributed by atoms with Crippen LogP contribution in [0.5, 0.6) is 0 Å². The van der Waals surface area contributed by atoms with Crippen LogP contribution in [0.4, 0.5) is 0 Å². The van der Waals surface area contributed by atoms with Crippen molar-refractivity contribution in [3.05, 3.63) is 182 Å². The van der Waals surface area contributed by atoms with Crippen LogP contribution in [-0.4, -0.2) is 0 Å². The van der Waals surface area contributed by atoms with Crippen molar-refractivity contribution in [3.63, 3.8) is 0 Å². The van der Waals surface area contributed by atoms with Crippen molar-refractivity contribution in [2.75, 3.05) is 0 Å². The first-order valence-electron chi connectivity index (χ1n) is 17.6. The Balaban J connectivity index is 1.28. The standard InChI is InChI=1S/C50H30O/c1-3-17-33-31(14-1)16-13-26-37(33)47-38-21-7-9-23-40(38)48(41-24-10-8-22-39(41)47)44-29-28-42(50-49(44)43-25-11-12-27-46(43)51-50)45-30-32-15-2-4-18-34(32)35-19-5-6-20-36(35)45/h1-30H. The number of fused-ring (bicyclic) bond motifs is 9. The fraction of sp³-hybridized carbons (Fsp3) is 0. The van der Waals surface area contributed by atoms with Gasteiger partial charge < -0.3 is 4.42 Å². The molecule has 0 aliphatic carbocycles. The van der Waals surface area contributed by atoms with E-state index in [4.69, 9.17) is 4.42 Å². The molecule has 0 amide bonds. The highest BCUT2D eigenvalue weighted by Crippen LogP contribution is 2.50. The van der Waals surface area contributed by atoms with Crippen molar-refractivity contribution >= 4 is 75.8 Å². The normalized spacial score (nSPS) is 11.9.